The van der Waals surface area contributed by atoms with Gasteiger partial charge in [0, 0.05) is 42.2 Å². The lowest BCUT2D eigenvalue weighted by Crippen LogP contribution is -2.74. The first-order chi connectivity index (χ1) is 23.6. The number of carbonyl (C=O) groups is 3. The largest absolute Gasteiger partial charge is 0.507 e. The zero-order chi connectivity index (χ0) is 36.4. The number of phenolic OH excluding ortho intramolecular Hbond substituents is 1. The number of nitrogens with zero attached hydrogens (tertiary/aromatic N) is 2. The minimum atomic E-state index is -1.61. The van der Waals surface area contributed by atoms with Gasteiger partial charge >= 0.3 is 11.9 Å². The summed E-state index contributed by atoms with van der Waals surface area (Å²) in [5, 5.41) is 10.5. The van der Waals surface area contributed by atoms with Crippen molar-refractivity contribution >= 4 is 35.8 Å². The molecule has 0 saturated carbocycles. The number of fused-ring (bicyclic) bond motifs is 1. The van der Waals surface area contributed by atoms with Crippen molar-refractivity contribution in [3.8, 4) is 5.75 Å². The van der Waals surface area contributed by atoms with Crippen LogP contribution in [0.1, 0.15) is 89.3 Å². The summed E-state index contributed by atoms with van der Waals surface area (Å²) in [6, 6.07) is 22.5. The van der Waals surface area contributed by atoms with E-state index >= 15 is 0 Å². The number of hydrogen-bond acceptors (Lipinski definition) is 9. The molecular weight excluding hydrogens is 653 g/mol. The van der Waals surface area contributed by atoms with Crippen molar-refractivity contribution in [3.05, 3.63) is 112 Å². The van der Waals surface area contributed by atoms with Crippen molar-refractivity contribution in [2.45, 2.75) is 83.4 Å². The fraction of sp³-hybridized carbons (Fsp3) is 0.400. The SMILES string of the molecule is CCO[C@@]1(N=Cc2cc(C(C)(C)C)c(O)c(C(C)(C)C)c2)C(=O)N2C(C(=O)OC(c3ccccc3)c3ccccc3)=C(COC(C)=O)CS[C@H]21. The minimum Gasteiger partial charge on any atom is -0.507 e. The van der Waals surface area contributed by atoms with Gasteiger partial charge in [0.2, 0.25) is 0 Å². The second kappa shape index (κ2) is 14.4. The third-order valence-electron chi connectivity index (χ3n) is 8.68. The van der Waals surface area contributed by atoms with Crippen LogP contribution < -0.4 is 0 Å². The maximum absolute atomic E-state index is 14.3. The molecule has 50 heavy (non-hydrogen) atoms. The minimum absolute atomic E-state index is 0.0251. The molecule has 0 unspecified atom stereocenters. The highest BCUT2D eigenvalue weighted by molar-refractivity contribution is 8.00. The molecule has 2 heterocycles. The van der Waals surface area contributed by atoms with Gasteiger partial charge in [0.15, 0.2) is 6.10 Å². The number of β-lactam (4-membered cyclic amide) rings is 1. The lowest BCUT2D eigenvalue weighted by molar-refractivity contribution is -0.187. The van der Waals surface area contributed by atoms with Crippen molar-refractivity contribution in [1.82, 2.24) is 4.90 Å². The molecule has 9 nitrogen and oxygen atoms in total. The molecule has 3 aromatic rings. The number of esters is 2. The van der Waals surface area contributed by atoms with Gasteiger partial charge in [0.25, 0.3) is 11.6 Å². The third kappa shape index (κ3) is 7.37. The Morgan fingerprint density at radius 3 is 2.00 bits per heavy atom. The molecule has 5 rings (SSSR count). The molecule has 2 atom stereocenters. The predicted molar refractivity (Wildman–Crippen MR) is 195 cm³/mol. The van der Waals surface area contributed by atoms with E-state index in [-0.39, 0.29) is 41.2 Å². The van der Waals surface area contributed by atoms with Crippen LogP contribution in [0, 0.1) is 0 Å². The number of thioether (sulfide) groups is 1. The molecule has 0 bridgehead atoms. The number of benzene rings is 3. The fourth-order valence-electron chi connectivity index (χ4n) is 6.16. The van der Waals surface area contributed by atoms with E-state index in [1.807, 2.05) is 114 Å². The first-order valence-electron chi connectivity index (χ1n) is 16.8. The van der Waals surface area contributed by atoms with Gasteiger partial charge in [-0.1, -0.05) is 102 Å². The summed E-state index contributed by atoms with van der Waals surface area (Å²) in [4.78, 5) is 46.6. The predicted octanol–water partition coefficient (Wildman–Crippen LogP) is 7.20. The first kappa shape index (κ1) is 36.9. The maximum Gasteiger partial charge on any atom is 0.356 e. The Morgan fingerprint density at radius 2 is 1.52 bits per heavy atom. The van der Waals surface area contributed by atoms with Crippen LogP contribution in [0.15, 0.2) is 89.1 Å². The molecular formula is C40H46N2O7S. The third-order valence-corrected chi connectivity index (χ3v) is 10.0. The highest BCUT2D eigenvalue weighted by atomic mass is 32.2. The number of rotatable bonds is 10. The molecule has 2 aliphatic rings. The van der Waals surface area contributed by atoms with Crippen LogP contribution in [-0.4, -0.2) is 64.1 Å². The Kier molecular flexibility index (Phi) is 10.6. The van der Waals surface area contributed by atoms with Gasteiger partial charge in [0.1, 0.15) is 23.4 Å². The molecule has 0 spiro atoms. The van der Waals surface area contributed by atoms with E-state index in [0.717, 1.165) is 22.3 Å². The van der Waals surface area contributed by atoms with Crippen LogP contribution in [-0.2, 0) is 39.4 Å². The van der Waals surface area contributed by atoms with Crippen LogP contribution in [0.25, 0.3) is 0 Å². The monoisotopic (exact) mass is 698 g/mol. The Balaban J connectivity index is 1.54. The molecule has 0 aliphatic carbocycles. The van der Waals surface area contributed by atoms with Gasteiger partial charge < -0.3 is 19.3 Å². The number of hydrogen-bond donors (Lipinski definition) is 1. The Bertz CT molecular complexity index is 1730. The van der Waals surface area contributed by atoms with Crippen LogP contribution >= 0.6 is 11.8 Å². The maximum atomic E-state index is 14.3. The standard InChI is InChI=1S/C40H46N2O7S/c1-9-48-40(41-22-26-20-30(38(3,4)5)33(44)31(21-26)39(6,7)8)36(46)42-32(29(23-47-25(2)43)24-50-37(40)42)35(45)49-34(27-16-12-10-13-17-27)28-18-14-11-15-19-28/h10-22,34,37,44H,9,23-24H2,1-8H3/t37-,40-/m0/s1. The Labute approximate surface area is 298 Å². The van der Waals surface area contributed by atoms with Gasteiger partial charge in [-0.05, 0) is 46.6 Å². The van der Waals surface area contributed by atoms with Crippen molar-refractivity contribution in [1.29, 1.82) is 0 Å². The van der Waals surface area contributed by atoms with E-state index in [0.29, 0.717) is 11.1 Å². The molecule has 1 amide bonds. The number of carbonyl (C=O) groups excluding carboxylic acids is 3. The van der Waals surface area contributed by atoms with Crippen LogP contribution in [0.5, 0.6) is 5.75 Å². The van der Waals surface area contributed by atoms with Crippen LogP contribution in [0.4, 0.5) is 0 Å². The van der Waals surface area contributed by atoms with E-state index in [1.54, 1.807) is 13.1 Å². The smallest absolute Gasteiger partial charge is 0.356 e. The molecule has 1 N–H and O–H groups in total. The zero-order valence-electron chi connectivity index (χ0n) is 30.0. The summed E-state index contributed by atoms with van der Waals surface area (Å²) in [6.07, 6.45) is 0.863. The van der Waals surface area contributed by atoms with E-state index in [4.69, 9.17) is 19.2 Å². The summed E-state index contributed by atoms with van der Waals surface area (Å²) in [5.74, 6) is -1.24. The normalized spacial score (nSPS) is 19.4. The zero-order valence-corrected chi connectivity index (χ0v) is 30.8. The lowest BCUT2D eigenvalue weighted by atomic mass is 9.78. The topological polar surface area (TPSA) is 115 Å². The lowest BCUT2D eigenvalue weighted by Gasteiger charge is -2.54. The number of aliphatic imine (C=N–C) groups is 1. The number of ether oxygens (including phenoxy) is 3. The van der Waals surface area contributed by atoms with Crippen molar-refractivity contribution in [3.63, 3.8) is 0 Å². The van der Waals surface area contributed by atoms with Gasteiger partial charge in [-0.3, -0.25) is 14.5 Å². The quantitative estimate of drug-likeness (QED) is 0.134. The average Bonchev–Trinajstić information content (AvgIpc) is 3.07. The Morgan fingerprint density at radius 1 is 0.980 bits per heavy atom. The average molecular weight is 699 g/mol. The van der Waals surface area contributed by atoms with E-state index in [2.05, 4.69) is 0 Å². The molecule has 1 fully saturated rings. The number of aromatic hydroxyl groups is 1. The summed E-state index contributed by atoms with van der Waals surface area (Å²) in [5.41, 5.74) is 1.91. The molecule has 0 radical (unpaired) electrons. The van der Waals surface area contributed by atoms with E-state index in [1.165, 1.54) is 23.6 Å². The highest BCUT2D eigenvalue weighted by Gasteiger charge is 2.66. The van der Waals surface area contributed by atoms with Crippen LogP contribution in [0.2, 0.25) is 0 Å². The van der Waals surface area contributed by atoms with E-state index < -0.39 is 35.0 Å². The van der Waals surface area contributed by atoms with Gasteiger partial charge in [-0.15, -0.1) is 11.8 Å². The second-order valence-electron chi connectivity index (χ2n) is 14.5. The summed E-state index contributed by atoms with van der Waals surface area (Å²) in [6.45, 7) is 15.3. The molecule has 10 heteroatoms. The Hall–Kier alpha value is -4.41. The summed E-state index contributed by atoms with van der Waals surface area (Å²) in [7, 11) is 0. The fourth-order valence-corrected chi connectivity index (χ4v) is 7.55. The molecule has 2 aliphatic heterocycles. The van der Waals surface area contributed by atoms with Crippen molar-refractivity contribution < 1.29 is 33.7 Å². The van der Waals surface area contributed by atoms with E-state index in [9.17, 15) is 19.5 Å². The second-order valence-corrected chi connectivity index (χ2v) is 15.6. The molecule has 264 valence electrons. The van der Waals surface area contributed by atoms with Gasteiger partial charge in [-0.25, -0.2) is 9.79 Å². The first-order valence-corrected chi connectivity index (χ1v) is 17.8. The molecule has 1 saturated heterocycles. The van der Waals surface area contributed by atoms with Crippen LogP contribution in [0.3, 0.4) is 0 Å². The summed E-state index contributed by atoms with van der Waals surface area (Å²) < 4.78 is 17.7. The van der Waals surface area contributed by atoms with Gasteiger partial charge in [0.05, 0.1) is 0 Å². The molecule has 3 aromatic carbocycles. The van der Waals surface area contributed by atoms with Crippen molar-refractivity contribution in [2.24, 2.45) is 4.99 Å². The van der Waals surface area contributed by atoms with Gasteiger partial charge in [-0.2, -0.15) is 0 Å². The molecule has 0 aromatic heterocycles. The summed E-state index contributed by atoms with van der Waals surface area (Å²) >= 11 is 1.38. The van der Waals surface area contributed by atoms with Crippen molar-refractivity contribution in [2.75, 3.05) is 19.0 Å². The highest BCUT2D eigenvalue weighted by Crippen LogP contribution is 2.50. The number of amides is 1. The number of phenols is 1.